The summed E-state index contributed by atoms with van der Waals surface area (Å²) in [5, 5.41) is 8.82. The highest BCUT2D eigenvalue weighted by Gasteiger charge is 2.38. The lowest BCUT2D eigenvalue weighted by Gasteiger charge is -2.16. The van der Waals surface area contributed by atoms with Crippen LogP contribution in [0.4, 0.5) is 26.3 Å². The zero-order valence-electron chi connectivity index (χ0n) is 8.94. The van der Waals surface area contributed by atoms with Gasteiger partial charge in [0, 0.05) is 6.07 Å². The minimum absolute atomic E-state index is 0.367. The Morgan fingerprint density at radius 3 is 2.16 bits per heavy atom. The SMILES string of the molecule is OCc1cc(OC(F)(F)F)nc(CCl)c1C(F)(F)F. The monoisotopic (exact) mass is 309 g/mol. The maximum atomic E-state index is 12.7. The molecule has 0 radical (unpaired) electrons. The summed E-state index contributed by atoms with van der Waals surface area (Å²) in [4.78, 5) is 3.05. The number of halogens is 7. The number of aliphatic hydroxyl groups excluding tert-OH is 1. The van der Waals surface area contributed by atoms with Gasteiger partial charge in [-0.1, -0.05) is 0 Å². The molecule has 1 aromatic rings. The van der Waals surface area contributed by atoms with E-state index in [0.717, 1.165) is 0 Å². The predicted octanol–water partition coefficient (Wildman–Crippen LogP) is 3.23. The quantitative estimate of drug-likeness (QED) is 0.688. The first-order valence-corrected chi connectivity index (χ1v) is 5.14. The summed E-state index contributed by atoms with van der Waals surface area (Å²) >= 11 is 5.23. The fraction of sp³-hybridized carbons (Fsp3) is 0.444. The van der Waals surface area contributed by atoms with E-state index in [9.17, 15) is 26.3 Å². The van der Waals surface area contributed by atoms with Crippen molar-refractivity contribution in [1.29, 1.82) is 0 Å². The molecule has 19 heavy (non-hydrogen) atoms. The Bertz CT molecular complexity index is 434. The van der Waals surface area contributed by atoms with Crippen LogP contribution in [0, 0.1) is 0 Å². The van der Waals surface area contributed by atoms with Crippen LogP contribution in [-0.2, 0) is 18.7 Å². The fourth-order valence-corrected chi connectivity index (χ4v) is 1.56. The first-order valence-electron chi connectivity index (χ1n) is 4.61. The molecule has 0 amide bonds. The molecule has 0 aliphatic heterocycles. The van der Waals surface area contributed by atoms with E-state index in [1.165, 1.54) is 0 Å². The highest BCUT2D eigenvalue weighted by atomic mass is 35.5. The topological polar surface area (TPSA) is 42.4 Å². The first-order chi connectivity index (χ1) is 8.58. The molecular formula is C9H6ClF6NO2. The predicted molar refractivity (Wildman–Crippen MR) is 51.4 cm³/mol. The molecule has 0 aliphatic rings. The van der Waals surface area contributed by atoms with Gasteiger partial charge in [0.25, 0.3) is 0 Å². The van der Waals surface area contributed by atoms with Crippen LogP contribution >= 0.6 is 11.6 Å². The normalized spacial score (nSPS) is 12.6. The molecule has 1 aromatic heterocycles. The fourth-order valence-electron chi connectivity index (χ4n) is 1.37. The second-order valence-electron chi connectivity index (χ2n) is 3.28. The molecule has 3 nitrogen and oxygen atoms in total. The first kappa shape index (κ1) is 15.8. The minimum atomic E-state index is -5.11. The molecule has 0 saturated carbocycles. The molecule has 0 fully saturated rings. The standard InChI is InChI=1S/C9H6ClF6NO2/c10-2-5-7(8(11,12)13)4(3-18)1-6(17-5)19-9(14,15)16/h1,18H,2-3H2. The summed E-state index contributed by atoms with van der Waals surface area (Å²) in [5.41, 5.74) is -3.00. The van der Waals surface area contributed by atoms with Crippen LogP contribution in [0.1, 0.15) is 16.8 Å². The van der Waals surface area contributed by atoms with Gasteiger partial charge in [-0.05, 0) is 5.56 Å². The van der Waals surface area contributed by atoms with Crippen molar-refractivity contribution < 1.29 is 36.2 Å². The van der Waals surface area contributed by atoms with Crippen LogP contribution in [0.2, 0.25) is 0 Å². The summed E-state index contributed by atoms with van der Waals surface area (Å²) in [6, 6.07) is 0.367. The molecule has 10 heteroatoms. The number of ether oxygens (including phenoxy) is 1. The molecule has 0 saturated heterocycles. The van der Waals surface area contributed by atoms with Gasteiger partial charge in [0.1, 0.15) is 0 Å². The maximum Gasteiger partial charge on any atom is 0.574 e. The van der Waals surface area contributed by atoms with Crippen molar-refractivity contribution in [3.8, 4) is 5.88 Å². The van der Waals surface area contributed by atoms with E-state index < -0.39 is 47.7 Å². The summed E-state index contributed by atoms with van der Waals surface area (Å²) in [7, 11) is 0. The average Bonchev–Trinajstić information content (AvgIpc) is 2.23. The van der Waals surface area contributed by atoms with Gasteiger partial charge in [-0.2, -0.15) is 13.2 Å². The molecule has 0 spiro atoms. The van der Waals surface area contributed by atoms with Crippen molar-refractivity contribution in [2.45, 2.75) is 25.0 Å². The largest absolute Gasteiger partial charge is 0.574 e. The van der Waals surface area contributed by atoms with Gasteiger partial charge >= 0.3 is 12.5 Å². The van der Waals surface area contributed by atoms with Gasteiger partial charge in [0.15, 0.2) is 0 Å². The Balaban J connectivity index is 3.37. The Morgan fingerprint density at radius 1 is 1.21 bits per heavy atom. The summed E-state index contributed by atoms with van der Waals surface area (Å²) in [6.07, 6.45) is -10.0. The number of aliphatic hydroxyl groups is 1. The third-order valence-electron chi connectivity index (χ3n) is 1.95. The van der Waals surface area contributed by atoms with Crippen LogP contribution in [0.15, 0.2) is 6.07 Å². The molecule has 0 unspecified atom stereocenters. The Morgan fingerprint density at radius 2 is 1.79 bits per heavy atom. The van der Waals surface area contributed by atoms with Crippen LogP contribution < -0.4 is 4.74 Å². The maximum absolute atomic E-state index is 12.7. The van der Waals surface area contributed by atoms with E-state index in [1.54, 1.807) is 0 Å². The third kappa shape index (κ3) is 4.13. The summed E-state index contributed by atoms with van der Waals surface area (Å²) < 4.78 is 77.3. The molecule has 108 valence electrons. The van der Waals surface area contributed by atoms with E-state index in [1.807, 2.05) is 0 Å². The van der Waals surface area contributed by atoms with E-state index in [4.69, 9.17) is 16.7 Å². The van der Waals surface area contributed by atoms with Gasteiger partial charge in [0.05, 0.1) is 23.7 Å². The molecule has 0 aromatic carbocycles. The lowest BCUT2D eigenvalue weighted by Crippen LogP contribution is -2.20. The highest BCUT2D eigenvalue weighted by Crippen LogP contribution is 2.37. The van der Waals surface area contributed by atoms with Crippen LogP contribution in [0.25, 0.3) is 0 Å². The number of aromatic nitrogens is 1. The molecule has 0 bridgehead atoms. The van der Waals surface area contributed by atoms with Gasteiger partial charge in [-0.3, -0.25) is 0 Å². The van der Waals surface area contributed by atoms with E-state index in [2.05, 4.69) is 9.72 Å². The Hall–Kier alpha value is -1.22. The zero-order valence-corrected chi connectivity index (χ0v) is 9.70. The van der Waals surface area contributed by atoms with Crippen LogP contribution in [0.5, 0.6) is 5.88 Å². The van der Waals surface area contributed by atoms with Gasteiger partial charge in [-0.25, -0.2) is 4.98 Å². The number of nitrogens with zero attached hydrogens (tertiary/aromatic N) is 1. The van der Waals surface area contributed by atoms with E-state index in [-0.39, 0.29) is 0 Å². The smallest absolute Gasteiger partial charge is 0.392 e. The molecule has 0 atom stereocenters. The number of hydrogen-bond donors (Lipinski definition) is 1. The highest BCUT2D eigenvalue weighted by molar-refractivity contribution is 6.17. The Kier molecular flexibility index (Phi) is 4.51. The van der Waals surface area contributed by atoms with Crippen LogP contribution in [0.3, 0.4) is 0 Å². The molecule has 1 N–H and O–H groups in total. The van der Waals surface area contributed by atoms with Crippen molar-refractivity contribution in [2.24, 2.45) is 0 Å². The van der Waals surface area contributed by atoms with Crippen molar-refractivity contribution in [1.82, 2.24) is 4.98 Å². The zero-order chi connectivity index (χ0) is 14.8. The second-order valence-corrected chi connectivity index (χ2v) is 3.55. The average molecular weight is 310 g/mol. The van der Waals surface area contributed by atoms with Crippen molar-refractivity contribution in [3.63, 3.8) is 0 Å². The van der Waals surface area contributed by atoms with Crippen LogP contribution in [-0.4, -0.2) is 16.5 Å². The minimum Gasteiger partial charge on any atom is -0.392 e. The van der Waals surface area contributed by atoms with Gasteiger partial charge in [-0.15, -0.1) is 24.8 Å². The third-order valence-corrected chi connectivity index (χ3v) is 2.21. The summed E-state index contributed by atoms with van der Waals surface area (Å²) in [6.45, 7) is -1.13. The van der Waals surface area contributed by atoms with Gasteiger partial charge in [0.2, 0.25) is 5.88 Å². The molecule has 0 aliphatic carbocycles. The van der Waals surface area contributed by atoms with E-state index >= 15 is 0 Å². The number of pyridine rings is 1. The summed E-state index contributed by atoms with van der Waals surface area (Å²) in [5.74, 6) is -1.89. The van der Waals surface area contributed by atoms with Crippen molar-refractivity contribution >= 4 is 11.6 Å². The molecular weight excluding hydrogens is 304 g/mol. The Labute approximate surface area is 107 Å². The molecule has 1 rings (SSSR count). The van der Waals surface area contributed by atoms with Crippen molar-refractivity contribution in [2.75, 3.05) is 0 Å². The van der Waals surface area contributed by atoms with Crippen molar-refractivity contribution in [3.05, 3.63) is 22.9 Å². The van der Waals surface area contributed by atoms with E-state index in [0.29, 0.717) is 6.07 Å². The number of alkyl halides is 7. The second kappa shape index (κ2) is 5.41. The lowest BCUT2D eigenvalue weighted by atomic mass is 10.1. The molecule has 1 heterocycles. The van der Waals surface area contributed by atoms with Gasteiger partial charge < -0.3 is 9.84 Å². The number of hydrogen-bond acceptors (Lipinski definition) is 3. The number of rotatable bonds is 3. The lowest BCUT2D eigenvalue weighted by molar-refractivity contribution is -0.276.